The standard InChI is InChI=1S/C5H4Cl2N4O/c6-3-2(1-9-12)4(7)11-5(8)10-3/h1,12H,(H2,8,10,11)/b9-1+. The Kier molecular flexibility index (Phi) is 2.67. The van der Waals surface area contributed by atoms with E-state index in [1.54, 1.807) is 0 Å². The Morgan fingerprint density at radius 3 is 2.25 bits per heavy atom. The van der Waals surface area contributed by atoms with Crippen LogP contribution in [0, 0.1) is 0 Å². The van der Waals surface area contributed by atoms with Crippen LogP contribution in [-0.4, -0.2) is 21.4 Å². The highest BCUT2D eigenvalue weighted by Crippen LogP contribution is 2.19. The lowest BCUT2D eigenvalue weighted by atomic mass is 10.4. The molecule has 0 aromatic carbocycles. The van der Waals surface area contributed by atoms with Crippen molar-refractivity contribution in [1.82, 2.24) is 9.97 Å². The summed E-state index contributed by atoms with van der Waals surface area (Å²) in [5.41, 5.74) is 5.46. The molecule has 3 N–H and O–H groups in total. The van der Waals surface area contributed by atoms with Crippen molar-refractivity contribution >= 4 is 35.4 Å². The quantitative estimate of drug-likeness (QED) is 0.313. The maximum Gasteiger partial charge on any atom is 0.222 e. The fraction of sp³-hybridized carbons (Fsp3) is 0. The van der Waals surface area contributed by atoms with E-state index in [-0.39, 0.29) is 21.8 Å². The highest BCUT2D eigenvalue weighted by Gasteiger charge is 2.07. The number of nitrogens with zero attached hydrogens (tertiary/aromatic N) is 3. The zero-order chi connectivity index (χ0) is 9.14. The molecule has 1 heterocycles. The number of hydrogen-bond acceptors (Lipinski definition) is 5. The van der Waals surface area contributed by atoms with Crippen molar-refractivity contribution < 1.29 is 5.21 Å². The van der Waals surface area contributed by atoms with Crippen LogP contribution in [-0.2, 0) is 0 Å². The summed E-state index contributed by atoms with van der Waals surface area (Å²) in [5.74, 6) is -0.0277. The van der Waals surface area contributed by atoms with Crippen LogP contribution < -0.4 is 5.73 Å². The van der Waals surface area contributed by atoms with E-state index in [1.807, 2.05) is 0 Å². The zero-order valence-corrected chi connectivity index (χ0v) is 7.21. The van der Waals surface area contributed by atoms with Gasteiger partial charge in [0.2, 0.25) is 5.95 Å². The minimum Gasteiger partial charge on any atom is -0.411 e. The van der Waals surface area contributed by atoms with Crippen molar-refractivity contribution in [1.29, 1.82) is 0 Å². The summed E-state index contributed by atoms with van der Waals surface area (Å²) in [6.45, 7) is 0. The Balaban J connectivity index is 3.28. The van der Waals surface area contributed by atoms with Gasteiger partial charge in [0, 0.05) is 0 Å². The third-order valence-electron chi connectivity index (χ3n) is 1.06. The Morgan fingerprint density at radius 2 is 1.83 bits per heavy atom. The number of nitrogens with two attached hydrogens (primary N) is 1. The van der Waals surface area contributed by atoms with Gasteiger partial charge >= 0.3 is 0 Å². The summed E-state index contributed by atoms with van der Waals surface area (Å²) >= 11 is 11.2. The van der Waals surface area contributed by atoms with Crippen LogP contribution >= 0.6 is 23.2 Å². The van der Waals surface area contributed by atoms with Gasteiger partial charge in [-0.2, -0.15) is 0 Å². The van der Waals surface area contributed by atoms with Crippen molar-refractivity contribution in [3.05, 3.63) is 15.9 Å². The summed E-state index contributed by atoms with van der Waals surface area (Å²) in [4.78, 5) is 7.20. The van der Waals surface area contributed by atoms with Crippen molar-refractivity contribution in [2.45, 2.75) is 0 Å². The van der Waals surface area contributed by atoms with E-state index in [0.29, 0.717) is 0 Å². The molecule has 5 nitrogen and oxygen atoms in total. The van der Waals surface area contributed by atoms with Crippen LogP contribution in [0.25, 0.3) is 0 Å². The third kappa shape index (κ3) is 1.75. The number of halogens is 2. The first-order valence-electron chi connectivity index (χ1n) is 2.81. The van der Waals surface area contributed by atoms with Crippen molar-refractivity contribution in [2.24, 2.45) is 5.16 Å². The summed E-state index contributed by atoms with van der Waals surface area (Å²) in [6, 6.07) is 0. The molecule has 7 heteroatoms. The monoisotopic (exact) mass is 206 g/mol. The lowest BCUT2D eigenvalue weighted by Crippen LogP contribution is -1.99. The Bertz CT molecular complexity index is 304. The number of hydrogen-bond donors (Lipinski definition) is 2. The van der Waals surface area contributed by atoms with E-state index in [4.69, 9.17) is 34.1 Å². The maximum atomic E-state index is 8.20. The minimum atomic E-state index is -0.0277. The summed E-state index contributed by atoms with van der Waals surface area (Å²) in [6.07, 6.45) is 1.03. The topological polar surface area (TPSA) is 84.4 Å². The molecule has 0 unspecified atom stereocenters. The second-order valence-electron chi connectivity index (χ2n) is 1.82. The van der Waals surface area contributed by atoms with Gasteiger partial charge in [0.25, 0.3) is 0 Å². The molecule has 0 aliphatic rings. The first kappa shape index (κ1) is 9.02. The SMILES string of the molecule is Nc1nc(Cl)c(/C=N/O)c(Cl)n1. The molecule has 0 saturated heterocycles. The number of rotatable bonds is 1. The molecule has 0 aliphatic carbocycles. The van der Waals surface area contributed by atoms with Crippen LogP contribution in [0.15, 0.2) is 5.16 Å². The van der Waals surface area contributed by atoms with Crippen molar-refractivity contribution in [3.8, 4) is 0 Å². The first-order valence-corrected chi connectivity index (χ1v) is 3.56. The summed E-state index contributed by atoms with van der Waals surface area (Å²) < 4.78 is 0. The molecule has 64 valence electrons. The second-order valence-corrected chi connectivity index (χ2v) is 2.54. The third-order valence-corrected chi connectivity index (χ3v) is 1.63. The van der Waals surface area contributed by atoms with Crippen LogP contribution in [0.1, 0.15) is 5.56 Å². The number of nitrogen functional groups attached to an aromatic ring is 1. The van der Waals surface area contributed by atoms with E-state index in [2.05, 4.69) is 15.1 Å². The predicted octanol–water partition coefficient (Wildman–Crippen LogP) is 1.17. The fourth-order valence-electron chi connectivity index (χ4n) is 0.596. The molecular weight excluding hydrogens is 203 g/mol. The molecule has 1 aromatic rings. The van der Waals surface area contributed by atoms with E-state index in [1.165, 1.54) is 0 Å². The van der Waals surface area contributed by atoms with E-state index >= 15 is 0 Å². The Hall–Kier alpha value is -1.07. The lowest BCUT2D eigenvalue weighted by Gasteiger charge is -1.99. The van der Waals surface area contributed by atoms with Gasteiger partial charge in [0.1, 0.15) is 10.3 Å². The van der Waals surface area contributed by atoms with Crippen LogP contribution in [0.3, 0.4) is 0 Å². The maximum absolute atomic E-state index is 8.20. The molecule has 0 bridgehead atoms. The van der Waals surface area contributed by atoms with Gasteiger partial charge < -0.3 is 10.9 Å². The van der Waals surface area contributed by atoms with Crippen LogP contribution in [0.5, 0.6) is 0 Å². The number of aromatic nitrogens is 2. The van der Waals surface area contributed by atoms with Crippen LogP contribution in [0.2, 0.25) is 10.3 Å². The molecule has 0 atom stereocenters. The molecule has 1 rings (SSSR count). The molecule has 0 aliphatic heterocycles. The molecule has 12 heavy (non-hydrogen) atoms. The van der Waals surface area contributed by atoms with Gasteiger partial charge in [0.05, 0.1) is 11.8 Å². The van der Waals surface area contributed by atoms with Crippen LogP contribution in [0.4, 0.5) is 5.95 Å². The molecular formula is C5H4Cl2N4O. The summed E-state index contributed by atoms with van der Waals surface area (Å²) in [5, 5.41) is 11.0. The summed E-state index contributed by atoms with van der Waals surface area (Å²) in [7, 11) is 0. The van der Waals surface area contributed by atoms with E-state index in [0.717, 1.165) is 6.21 Å². The molecule has 0 fully saturated rings. The average molecular weight is 207 g/mol. The van der Waals surface area contributed by atoms with E-state index in [9.17, 15) is 0 Å². The van der Waals surface area contributed by atoms with Gasteiger partial charge in [-0.05, 0) is 0 Å². The molecule has 0 saturated carbocycles. The van der Waals surface area contributed by atoms with Gasteiger partial charge in [-0.1, -0.05) is 28.4 Å². The van der Waals surface area contributed by atoms with Crippen molar-refractivity contribution in [3.63, 3.8) is 0 Å². The van der Waals surface area contributed by atoms with Gasteiger partial charge in [-0.15, -0.1) is 0 Å². The van der Waals surface area contributed by atoms with E-state index < -0.39 is 0 Å². The highest BCUT2D eigenvalue weighted by molar-refractivity contribution is 6.37. The fourth-order valence-corrected chi connectivity index (χ4v) is 1.09. The Morgan fingerprint density at radius 1 is 1.33 bits per heavy atom. The Labute approximate surface area is 77.8 Å². The molecule has 0 radical (unpaired) electrons. The molecule has 1 aromatic heterocycles. The zero-order valence-electron chi connectivity index (χ0n) is 5.70. The number of anilines is 1. The number of oxime groups is 1. The predicted molar refractivity (Wildman–Crippen MR) is 45.8 cm³/mol. The average Bonchev–Trinajstić information content (AvgIpc) is 1.96. The van der Waals surface area contributed by atoms with Gasteiger partial charge in [-0.3, -0.25) is 0 Å². The van der Waals surface area contributed by atoms with Crippen molar-refractivity contribution in [2.75, 3.05) is 5.73 Å². The highest BCUT2D eigenvalue weighted by atomic mass is 35.5. The molecule has 0 spiro atoms. The van der Waals surface area contributed by atoms with Gasteiger partial charge in [0.15, 0.2) is 0 Å². The first-order chi connectivity index (χ1) is 5.65. The largest absolute Gasteiger partial charge is 0.411 e. The van der Waals surface area contributed by atoms with Gasteiger partial charge in [-0.25, -0.2) is 9.97 Å². The minimum absolute atomic E-state index is 0.0277. The lowest BCUT2D eigenvalue weighted by molar-refractivity contribution is 0.322. The normalized spacial score (nSPS) is 10.8. The smallest absolute Gasteiger partial charge is 0.222 e. The second kappa shape index (κ2) is 3.55. The molecule has 0 amide bonds.